The molecule has 0 aliphatic carbocycles. The quantitative estimate of drug-likeness (QED) is 0.796. The zero-order valence-corrected chi connectivity index (χ0v) is 10.8. The maximum absolute atomic E-state index is 13.4. The second-order valence-electron chi connectivity index (χ2n) is 3.90. The lowest BCUT2D eigenvalue weighted by Gasteiger charge is -2.23. The SMILES string of the molecule is O.O.O=C(O)c1ccc(C(F)C(F)(F)C(F)(F)F)cc1C(=O)O. The molecule has 1 atom stereocenters. The Morgan fingerprint density at radius 2 is 1.35 bits per heavy atom. The first kappa shape index (κ1) is 22.9. The van der Waals surface area contributed by atoms with Crippen molar-refractivity contribution >= 4 is 11.9 Å². The molecule has 1 rings (SSSR count). The number of hydrogen-bond donors (Lipinski definition) is 2. The second-order valence-corrected chi connectivity index (χ2v) is 3.90. The third kappa shape index (κ3) is 4.32. The number of carboxylic acids is 2. The fourth-order valence-electron chi connectivity index (χ4n) is 1.44. The Morgan fingerprint density at radius 1 is 0.913 bits per heavy atom. The normalized spacial score (nSPS) is 12.6. The predicted octanol–water partition coefficient (Wildman–Crippen LogP) is 1.64. The number of carboxylic acid groups (broad SMARTS) is 2. The third-order valence-electron chi connectivity index (χ3n) is 2.49. The summed E-state index contributed by atoms with van der Waals surface area (Å²) in [5, 5.41) is 17.3. The van der Waals surface area contributed by atoms with Gasteiger partial charge in [0.2, 0.25) is 0 Å². The van der Waals surface area contributed by atoms with Gasteiger partial charge in [0.25, 0.3) is 0 Å². The van der Waals surface area contributed by atoms with E-state index in [0.717, 1.165) is 0 Å². The number of hydrogen-bond acceptors (Lipinski definition) is 2. The highest BCUT2D eigenvalue weighted by Gasteiger charge is 2.63. The van der Waals surface area contributed by atoms with Crippen molar-refractivity contribution in [2.24, 2.45) is 0 Å². The van der Waals surface area contributed by atoms with Crippen LogP contribution in [0.5, 0.6) is 0 Å². The van der Waals surface area contributed by atoms with Crippen LogP contribution in [0.15, 0.2) is 18.2 Å². The van der Waals surface area contributed by atoms with Crippen LogP contribution in [-0.2, 0) is 0 Å². The standard InChI is InChI=1S/C11H6F6O4.2H2O/c12-7(10(13,14)11(15,16)17)4-1-2-5(8(18)19)6(3-4)9(20)21;;/h1-3,7H,(H,18,19)(H,20,21);2*1H2. The van der Waals surface area contributed by atoms with E-state index in [9.17, 15) is 35.9 Å². The van der Waals surface area contributed by atoms with Crippen LogP contribution in [-0.4, -0.2) is 45.2 Å². The molecule has 1 aromatic rings. The van der Waals surface area contributed by atoms with Crippen molar-refractivity contribution in [3.8, 4) is 0 Å². The molecule has 0 saturated heterocycles. The lowest BCUT2D eigenvalue weighted by atomic mass is 9.98. The van der Waals surface area contributed by atoms with Crippen molar-refractivity contribution in [1.29, 1.82) is 0 Å². The van der Waals surface area contributed by atoms with Gasteiger partial charge in [-0.25, -0.2) is 14.0 Å². The Labute approximate surface area is 123 Å². The first-order valence-electron chi connectivity index (χ1n) is 5.08. The van der Waals surface area contributed by atoms with Crippen molar-refractivity contribution in [1.82, 2.24) is 0 Å². The highest BCUT2D eigenvalue weighted by Crippen LogP contribution is 2.46. The number of rotatable bonds is 4. The largest absolute Gasteiger partial charge is 0.478 e. The van der Waals surface area contributed by atoms with Gasteiger partial charge in [0.05, 0.1) is 11.1 Å². The summed E-state index contributed by atoms with van der Waals surface area (Å²) in [6, 6.07) is 0.941. The predicted molar refractivity (Wildman–Crippen MR) is 62.4 cm³/mol. The van der Waals surface area contributed by atoms with Gasteiger partial charge < -0.3 is 21.2 Å². The summed E-state index contributed by atoms with van der Waals surface area (Å²) in [6.45, 7) is 0. The van der Waals surface area contributed by atoms with Crippen LogP contribution >= 0.6 is 0 Å². The van der Waals surface area contributed by atoms with Gasteiger partial charge in [0.1, 0.15) is 0 Å². The van der Waals surface area contributed by atoms with Crippen LogP contribution in [0.2, 0.25) is 0 Å². The molecule has 0 saturated carbocycles. The fourth-order valence-corrected chi connectivity index (χ4v) is 1.44. The van der Waals surface area contributed by atoms with Crippen LogP contribution in [0.25, 0.3) is 0 Å². The molecule has 0 fully saturated rings. The molecular formula is C11H10F6O6. The molecule has 0 aliphatic heterocycles. The van der Waals surface area contributed by atoms with Crippen molar-refractivity contribution < 1.29 is 57.1 Å². The topological polar surface area (TPSA) is 138 Å². The van der Waals surface area contributed by atoms with E-state index in [2.05, 4.69) is 0 Å². The van der Waals surface area contributed by atoms with Crippen molar-refractivity contribution in [3.63, 3.8) is 0 Å². The van der Waals surface area contributed by atoms with Crippen molar-refractivity contribution in [2.45, 2.75) is 18.3 Å². The summed E-state index contributed by atoms with van der Waals surface area (Å²) in [5.74, 6) is -9.40. The first-order chi connectivity index (χ1) is 9.39. The van der Waals surface area contributed by atoms with E-state index in [0.29, 0.717) is 12.1 Å². The van der Waals surface area contributed by atoms with E-state index in [1.807, 2.05) is 0 Å². The van der Waals surface area contributed by atoms with Gasteiger partial charge in [-0.1, -0.05) is 6.07 Å². The molecular weight excluding hydrogens is 342 g/mol. The smallest absolute Gasteiger partial charge is 0.456 e. The van der Waals surface area contributed by atoms with Gasteiger partial charge in [-0.15, -0.1) is 0 Å². The summed E-state index contributed by atoms with van der Waals surface area (Å²) in [5.41, 5.74) is -3.26. The van der Waals surface area contributed by atoms with Crippen molar-refractivity contribution in [2.75, 3.05) is 0 Å². The van der Waals surface area contributed by atoms with E-state index >= 15 is 0 Å². The van der Waals surface area contributed by atoms with Gasteiger partial charge in [-0.3, -0.25) is 0 Å². The van der Waals surface area contributed by atoms with Crippen LogP contribution in [0, 0.1) is 0 Å². The zero-order valence-electron chi connectivity index (χ0n) is 10.8. The molecule has 23 heavy (non-hydrogen) atoms. The van der Waals surface area contributed by atoms with Gasteiger partial charge >= 0.3 is 24.0 Å². The molecule has 6 N–H and O–H groups in total. The average molecular weight is 352 g/mol. The van der Waals surface area contributed by atoms with E-state index in [1.165, 1.54) is 0 Å². The maximum atomic E-state index is 13.4. The van der Waals surface area contributed by atoms with E-state index < -0.39 is 46.9 Å². The van der Waals surface area contributed by atoms with Gasteiger partial charge in [-0.05, 0) is 17.7 Å². The third-order valence-corrected chi connectivity index (χ3v) is 2.49. The number of carbonyl (C=O) groups is 2. The molecule has 0 radical (unpaired) electrons. The first-order valence-corrected chi connectivity index (χ1v) is 5.08. The minimum absolute atomic E-state index is 0. The number of alkyl halides is 6. The highest BCUT2D eigenvalue weighted by atomic mass is 19.4. The molecule has 0 heterocycles. The van der Waals surface area contributed by atoms with Crippen LogP contribution in [0.4, 0.5) is 26.3 Å². The van der Waals surface area contributed by atoms with E-state index in [1.54, 1.807) is 0 Å². The lowest BCUT2D eigenvalue weighted by Crippen LogP contribution is -2.40. The summed E-state index contributed by atoms with van der Waals surface area (Å²) < 4.78 is 75.2. The Balaban J connectivity index is 0. The summed E-state index contributed by atoms with van der Waals surface area (Å²) in [6.07, 6.45) is -10.0. The number of halogens is 6. The van der Waals surface area contributed by atoms with Gasteiger partial charge in [0.15, 0.2) is 6.17 Å². The molecule has 0 bridgehead atoms. The van der Waals surface area contributed by atoms with Gasteiger partial charge in [0, 0.05) is 0 Å². The maximum Gasteiger partial charge on any atom is 0.456 e. The Morgan fingerprint density at radius 3 is 1.70 bits per heavy atom. The molecule has 1 unspecified atom stereocenters. The number of aromatic carboxylic acids is 2. The highest BCUT2D eigenvalue weighted by molar-refractivity contribution is 6.01. The fraction of sp³-hybridized carbons (Fsp3) is 0.273. The summed E-state index contributed by atoms with van der Waals surface area (Å²) in [7, 11) is 0. The Kier molecular flexibility index (Phi) is 7.26. The number of benzene rings is 1. The van der Waals surface area contributed by atoms with E-state index in [-0.39, 0.29) is 17.0 Å². The van der Waals surface area contributed by atoms with Crippen molar-refractivity contribution in [3.05, 3.63) is 34.9 Å². The molecule has 12 heteroatoms. The minimum atomic E-state index is -6.18. The van der Waals surface area contributed by atoms with E-state index in [4.69, 9.17) is 10.2 Å². The monoisotopic (exact) mass is 352 g/mol. The molecule has 1 aromatic carbocycles. The molecule has 6 nitrogen and oxygen atoms in total. The molecule has 0 spiro atoms. The molecule has 132 valence electrons. The zero-order chi connectivity index (χ0) is 16.6. The Bertz CT molecular complexity index is 585. The minimum Gasteiger partial charge on any atom is -0.478 e. The average Bonchev–Trinajstić information content (AvgIpc) is 2.35. The molecule has 0 aliphatic rings. The van der Waals surface area contributed by atoms with Crippen LogP contribution in [0.3, 0.4) is 0 Å². The summed E-state index contributed by atoms with van der Waals surface area (Å²) in [4.78, 5) is 21.4. The summed E-state index contributed by atoms with van der Waals surface area (Å²) >= 11 is 0. The van der Waals surface area contributed by atoms with Crippen LogP contribution < -0.4 is 0 Å². The molecule has 0 aromatic heterocycles. The van der Waals surface area contributed by atoms with Gasteiger partial charge in [-0.2, -0.15) is 22.0 Å². The lowest BCUT2D eigenvalue weighted by molar-refractivity contribution is -0.305. The molecule has 0 amide bonds. The Hall–Kier alpha value is -2.34. The second kappa shape index (κ2) is 7.28. The van der Waals surface area contributed by atoms with Crippen LogP contribution in [0.1, 0.15) is 32.5 Å².